The second-order valence-electron chi connectivity index (χ2n) is 9.42. The highest BCUT2D eigenvalue weighted by Crippen LogP contribution is 2.47. The van der Waals surface area contributed by atoms with Crippen molar-refractivity contribution in [2.45, 2.75) is 54.9 Å². The summed E-state index contributed by atoms with van der Waals surface area (Å²) < 4.78 is 47.1. The number of anilines is 2. The summed E-state index contributed by atoms with van der Waals surface area (Å²) in [4.78, 5) is 13.8. The maximum atomic E-state index is 13.8. The van der Waals surface area contributed by atoms with Crippen molar-refractivity contribution in [2.24, 2.45) is 5.41 Å². The van der Waals surface area contributed by atoms with E-state index in [9.17, 15) is 27.8 Å². The molecule has 0 saturated heterocycles. The van der Waals surface area contributed by atoms with Gasteiger partial charge in [0.2, 0.25) is 0 Å². The van der Waals surface area contributed by atoms with E-state index in [1.807, 2.05) is 11.8 Å². The topological polar surface area (TPSA) is 104 Å². The highest BCUT2D eigenvalue weighted by Gasteiger charge is 2.42. The van der Waals surface area contributed by atoms with Gasteiger partial charge in [0.25, 0.3) is 0 Å². The van der Waals surface area contributed by atoms with Crippen LogP contribution in [0.25, 0.3) is 0 Å². The van der Waals surface area contributed by atoms with Crippen molar-refractivity contribution >= 4 is 39.3 Å². The summed E-state index contributed by atoms with van der Waals surface area (Å²) >= 11 is 1.32. The number of ether oxygens (including phenoxy) is 1. The summed E-state index contributed by atoms with van der Waals surface area (Å²) in [5.41, 5.74) is -1.46. The van der Waals surface area contributed by atoms with Gasteiger partial charge in [0, 0.05) is 23.7 Å². The molecule has 1 aliphatic rings. The minimum Gasteiger partial charge on any atom is -0.489 e. The number of aliphatic hydroxyl groups excluding tert-OH is 1. The number of carbonyl (C=O) groups is 1. The monoisotopic (exact) mass is 539 g/mol. The number of thioether (sulfide) groups is 1. The van der Waals surface area contributed by atoms with Crippen molar-refractivity contribution < 1.29 is 32.6 Å². The number of sulfone groups is 1. The molecule has 198 valence electrons. The Morgan fingerprint density at radius 2 is 1.94 bits per heavy atom. The van der Waals surface area contributed by atoms with Crippen molar-refractivity contribution in [1.29, 1.82) is 0 Å². The SMILES string of the molecule is CCCC[C@@]1(CC)CN(c2ccc(F)cc2)c2cc(SC)c(OCC(O)(C=O)CO)cc2S(=O)(=O)C1. The smallest absolute Gasteiger partial charge is 0.181 e. The van der Waals surface area contributed by atoms with E-state index in [2.05, 4.69) is 6.92 Å². The first-order valence-corrected chi connectivity index (χ1v) is 14.8. The first-order valence-electron chi connectivity index (χ1n) is 12.0. The van der Waals surface area contributed by atoms with Gasteiger partial charge in [-0.2, -0.15) is 0 Å². The Morgan fingerprint density at radius 1 is 1.25 bits per heavy atom. The summed E-state index contributed by atoms with van der Waals surface area (Å²) in [5, 5.41) is 19.5. The van der Waals surface area contributed by atoms with Crippen LogP contribution in [0.1, 0.15) is 39.5 Å². The Balaban J connectivity index is 2.21. The van der Waals surface area contributed by atoms with Crippen molar-refractivity contribution in [3.8, 4) is 5.75 Å². The van der Waals surface area contributed by atoms with E-state index in [4.69, 9.17) is 4.74 Å². The Kier molecular flexibility index (Phi) is 9.08. The van der Waals surface area contributed by atoms with Crippen LogP contribution in [0.3, 0.4) is 0 Å². The van der Waals surface area contributed by atoms with Gasteiger partial charge in [-0.05, 0) is 49.4 Å². The number of fused-ring (bicyclic) bond motifs is 1. The number of nitrogens with zero attached hydrogens (tertiary/aromatic N) is 1. The van der Waals surface area contributed by atoms with Crippen molar-refractivity contribution in [3.63, 3.8) is 0 Å². The summed E-state index contributed by atoms with van der Waals surface area (Å²) in [6.07, 6.45) is 5.20. The molecule has 0 saturated carbocycles. The fourth-order valence-electron chi connectivity index (χ4n) is 4.47. The molecule has 1 heterocycles. The Labute approximate surface area is 216 Å². The summed E-state index contributed by atoms with van der Waals surface area (Å²) in [6.45, 7) is 3.16. The number of benzene rings is 2. The van der Waals surface area contributed by atoms with Gasteiger partial charge in [0.1, 0.15) is 18.2 Å². The summed E-state index contributed by atoms with van der Waals surface area (Å²) in [5.74, 6) is -0.238. The molecule has 2 atom stereocenters. The molecule has 0 aromatic heterocycles. The number of aliphatic hydroxyl groups is 2. The number of halogens is 1. The van der Waals surface area contributed by atoms with Crippen molar-refractivity contribution in [1.82, 2.24) is 0 Å². The lowest BCUT2D eigenvalue weighted by Gasteiger charge is -2.36. The molecular formula is C26H34FNO6S2. The van der Waals surface area contributed by atoms with E-state index in [0.717, 1.165) is 19.3 Å². The highest BCUT2D eigenvalue weighted by molar-refractivity contribution is 7.98. The second kappa shape index (κ2) is 11.5. The highest BCUT2D eigenvalue weighted by atomic mass is 32.2. The van der Waals surface area contributed by atoms with Crippen LogP contribution in [-0.2, 0) is 14.6 Å². The molecule has 0 amide bonds. The molecule has 7 nitrogen and oxygen atoms in total. The molecule has 0 bridgehead atoms. The standard InChI is InChI=1S/C26H34FNO6S2/c1-4-6-11-25(5-2)14-28(20-9-7-19(27)8-10-20)21-12-23(35-3)22(13-24(21)36(32,33)18-25)34-17-26(31,15-29)16-30/h7-10,12-13,15,30-31H,4-6,11,14,16-18H2,1-3H3/t25-,26?/m0/s1. The predicted molar refractivity (Wildman–Crippen MR) is 140 cm³/mol. The van der Waals surface area contributed by atoms with Crippen molar-refractivity contribution in [2.75, 3.05) is 36.7 Å². The number of aldehydes is 1. The third-order valence-electron chi connectivity index (χ3n) is 6.78. The van der Waals surface area contributed by atoms with Gasteiger partial charge in [-0.3, -0.25) is 4.79 Å². The lowest BCUT2D eigenvalue weighted by atomic mass is 9.81. The van der Waals surface area contributed by atoms with Crippen molar-refractivity contribution in [3.05, 3.63) is 42.2 Å². The molecule has 1 aliphatic heterocycles. The molecule has 1 unspecified atom stereocenters. The molecule has 36 heavy (non-hydrogen) atoms. The first-order chi connectivity index (χ1) is 17.1. The maximum Gasteiger partial charge on any atom is 0.181 e. The average molecular weight is 540 g/mol. The zero-order chi connectivity index (χ0) is 26.6. The third kappa shape index (κ3) is 6.04. The first kappa shape index (κ1) is 28.4. The van der Waals surface area contributed by atoms with E-state index in [1.54, 1.807) is 24.5 Å². The van der Waals surface area contributed by atoms with Gasteiger partial charge in [-0.25, -0.2) is 12.8 Å². The van der Waals surface area contributed by atoms with E-state index in [1.165, 1.54) is 30.0 Å². The average Bonchev–Trinajstić information content (AvgIpc) is 2.98. The van der Waals surface area contributed by atoms with Crippen LogP contribution in [0, 0.1) is 11.2 Å². The van der Waals surface area contributed by atoms with Crippen LogP contribution < -0.4 is 9.64 Å². The van der Waals surface area contributed by atoms with E-state index < -0.39 is 34.1 Å². The maximum absolute atomic E-state index is 13.8. The summed E-state index contributed by atoms with van der Waals surface area (Å²) in [7, 11) is -3.78. The molecule has 3 rings (SSSR count). The zero-order valence-electron chi connectivity index (χ0n) is 20.9. The molecule has 0 spiro atoms. The minimum atomic E-state index is -3.78. The van der Waals surface area contributed by atoms with Gasteiger partial charge in [0.15, 0.2) is 21.7 Å². The van der Waals surface area contributed by atoms with E-state index in [-0.39, 0.29) is 28.5 Å². The van der Waals surface area contributed by atoms with Gasteiger partial charge in [-0.1, -0.05) is 26.7 Å². The number of hydrogen-bond acceptors (Lipinski definition) is 8. The Morgan fingerprint density at radius 3 is 2.50 bits per heavy atom. The second-order valence-corrected chi connectivity index (χ2v) is 12.2. The zero-order valence-corrected chi connectivity index (χ0v) is 22.5. The number of hydrogen-bond donors (Lipinski definition) is 2. The van der Waals surface area contributed by atoms with Gasteiger partial charge in [0.05, 0.1) is 27.8 Å². The van der Waals surface area contributed by atoms with Crippen LogP contribution in [0.4, 0.5) is 15.8 Å². The molecule has 2 aromatic carbocycles. The fraction of sp³-hybridized carbons (Fsp3) is 0.500. The van der Waals surface area contributed by atoms with E-state index >= 15 is 0 Å². The molecule has 0 aliphatic carbocycles. The van der Waals surface area contributed by atoms with Crippen LogP contribution in [0.15, 0.2) is 46.2 Å². The summed E-state index contributed by atoms with van der Waals surface area (Å²) in [6, 6.07) is 9.16. The molecule has 10 heteroatoms. The lowest BCUT2D eigenvalue weighted by Crippen LogP contribution is -2.41. The Bertz CT molecular complexity index is 1170. The number of rotatable bonds is 11. The number of unbranched alkanes of at least 4 members (excludes halogenated alkanes) is 1. The normalized spacial score (nSPS) is 20.8. The van der Waals surface area contributed by atoms with Crippen LogP contribution >= 0.6 is 11.8 Å². The molecular weight excluding hydrogens is 505 g/mol. The molecule has 0 fully saturated rings. The van der Waals surface area contributed by atoms with E-state index in [0.29, 0.717) is 29.2 Å². The fourth-order valence-corrected chi connectivity index (χ4v) is 7.20. The van der Waals surface area contributed by atoms with Gasteiger partial charge < -0.3 is 19.8 Å². The number of carbonyl (C=O) groups excluding carboxylic acids is 1. The van der Waals surface area contributed by atoms with Crippen LogP contribution in [0.5, 0.6) is 5.75 Å². The molecule has 2 aromatic rings. The van der Waals surface area contributed by atoms with Gasteiger partial charge in [-0.15, -0.1) is 11.8 Å². The Hall–Kier alpha value is -2.14. The lowest BCUT2D eigenvalue weighted by molar-refractivity contribution is -0.131. The van der Waals surface area contributed by atoms with Gasteiger partial charge >= 0.3 is 0 Å². The minimum absolute atomic E-state index is 0.0475. The molecule has 2 N–H and O–H groups in total. The molecule has 0 radical (unpaired) electrons. The quantitative estimate of drug-likeness (QED) is 0.321. The van der Waals surface area contributed by atoms with Crippen LogP contribution in [-0.4, -0.2) is 62.3 Å². The predicted octanol–water partition coefficient (Wildman–Crippen LogP) is 4.36. The largest absolute Gasteiger partial charge is 0.489 e. The van der Waals surface area contributed by atoms with Crippen LogP contribution in [0.2, 0.25) is 0 Å². The third-order valence-corrected chi connectivity index (χ3v) is 9.53.